The monoisotopic (exact) mass is 334 g/mol. The number of pyridine rings is 1. The molecule has 1 aromatic rings. The lowest BCUT2D eigenvalue weighted by molar-refractivity contribution is -0.142. The van der Waals surface area contributed by atoms with Gasteiger partial charge in [0, 0.05) is 12.2 Å². The van der Waals surface area contributed by atoms with Crippen LogP contribution in [0.25, 0.3) is 0 Å². The Hall–Kier alpha value is -1.62. The first kappa shape index (κ1) is 18.7. The molecule has 134 valence electrons. The quantitative estimate of drug-likeness (QED) is 0.654. The predicted octanol–water partition coefficient (Wildman–Crippen LogP) is 4.10. The number of anilines is 1. The van der Waals surface area contributed by atoms with Crippen molar-refractivity contribution in [3.05, 3.63) is 17.8 Å². The van der Waals surface area contributed by atoms with Crippen LogP contribution in [0.2, 0.25) is 0 Å². The summed E-state index contributed by atoms with van der Waals surface area (Å²) in [6.07, 6.45) is 6.75. The molecule has 1 amide bonds. The van der Waals surface area contributed by atoms with Crippen LogP contribution in [0.15, 0.2) is 12.3 Å². The van der Waals surface area contributed by atoms with Gasteiger partial charge < -0.3 is 14.8 Å². The van der Waals surface area contributed by atoms with Gasteiger partial charge >= 0.3 is 0 Å². The number of nitrogens with one attached hydrogen (secondary N) is 1. The standard InChI is InChI=1S/C19H30N2O3/c1-5-7-11-23-17-14(3)12-16(13-20-17)21-18(22)19(4,15-8-9-15)24-10-6-2/h12-13,15H,5-11H2,1-4H3,(H,21,22)/t19-/m1/s1. The van der Waals surface area contributed by atoms with E-state index in [-0.39, 0.29) is 5.91 Å². The largest absolute Gasteiger partial charge is 0.477 e. The number of amides is 1. The normalized spacial score (nSPS) is 16.5. The van der Waals surface area contributed by atoms with Crippen molar-refractivity contribution in [1.29, 1.82) is 0 Å². The molecule has 5 nitrogen and oxygen atoms in total. The Morgan fingerprint density at radius 1 is 1.33 bits per heavy atom. The average Bonchev–Trinajstić information content (AvgIpc) is 3.40. The van der Waals surface area contributed by atoms with Crippen molar-refractivity contribution < 1.29 is 14.3 Å². The molecular formula is C19H30N2O3. The first-order chi connectivity index (χ1) is 11.5. The number of hydrogen-bond donors (Lipinski definition) is 1. The van der Waals surface area contributed by atoms with Gasteiger partial charge in [0.2, 0.25) is 5.88 Å². The van der Waals surface area contributed by atoms with Gasteiger partial charge in [-0.15, -0.1) is 0 Å². The third kappa shape index (κ3) is 4.69. The van der Waals surface area contributed by atoms with Gasteiger partial charge in [-0.2, -0.15) is 0 Å². The van der Waals surface area contributed by atoms with Gasteiger partial charge in [-0.3, -0.25) is 4.79 Å². The third-order valence-corrected chi connectivity index (χ3v) is 4.44. The van der Waals surface area contributed by atoms with Gasteiger partial charge in [-0.1, -0.05) is 20.3 Å². The highest BCUT2D eigenvalue weighted by Crippen LogP contribution is 2.42. The fourth-order valence-corrected chi connectivity index (χ4v) is 2.67. The number of rotatable bonds is 10. The summed E-state index contributed by atoms with van der Waals surface area (Å²) in [6, 6.07) is 1.90. The average molecular weight is 334 g/mol. The van der Waals surface area contributed by atoms with E-state index in [9.17, 15) is 4.79 Å². The fourth-order valence-electron chi connectivity index (χ4n) is 2.67. The van der Waals surface area contributed by atoms with Crippen LogP contribution in [0.4, 0.5) is 5.69 Å². The Morgan fingerprint density at radius 2 is 2.08 bits per heavy atom. The van der Waals surface area contributed by atoms with Crippen LogP contribution in [0, 0.1) is 12.8 Å². The summed E-state index contributed by atoms with van der Waals surface area (Å²) >= 11 is 0. The number of aromatic nitrogens is 1. The Balaban J connectivity index is 2.01. The van der Waals surface area contributed by atoms with Crippen molar-refractivity contribution >= 4 is 11.6 Å². The first-order valence-corrected chi connectivity index (χ1v) is 9.06. The Kier molecular flexibility index (Phi) is 6.60. The number of carbonyl (C=O) groups excluding carboxylic acids is 1. The number of hydrogen-bond acceptors (Lipinski definition) is 4. The lowest BCUT2D eigenvalue weighted by atomic mass is 9.98. The SMILES string of the molecule is CCCCOc1ncc(NC(=O)[C@](C)(OCCC)C2CC2)cc1C. The summed E-state index contributed by atoms with van der Waals surface area (Å²) in [5.41, 5.74) is 0.860. The summed E-state index contributed by atoms with van der Waals surface area (Å²) < 4.78 is 11.6. The molecule has 1 fully saturated rings. The van der Waals surface area contributed by atoms with Crippen molar-refractivity contribution in [2.45, 2.75) is 65.4 Å². The lowest BCUT2D eigenvalue weighted by Crippen LogP contribution is -2.45. The number of carbonyl (C=O) groups is 1. The van der Waals surface area contributed by atoms with E-state index in [0.29, 0.717) is 30.7 Å². The minimum atomic E-state index is -0.750. The lowest BCUT2D eigenvalue weighted by Gasteiger charge is -2.28. The van der Waals surface area contributed by atoms with E-state index < -0.39 is 5.60 Å². The molecule has 1 aliphatic carbocycles. The van der Waals surface area contributed by atoms with E-state index in [1.807, 2.05) is 19.9 Å². The van der Waals surface area contributed by atoms with Crippen LogP contribution in [0.3, 0.4) is 0 Å². The molecule has 0 bridgehead atoms. The Morgan fingerprint density at radius 3 is 2.67 bits per heavy atom. The molecule has 24 heavy (non-hydrogen) atoms. The summed E-state index contributed by atoms with van der Waals surface area (Å²) in [7, 11) is 0. The second-order valence-corrected chi connectivity index (χ2v) is 6.73. The van der Waals surface area contributed by atoms with E-state index in [1.165, 1.54) is 0 Å². The molecule has 1 aliphatic rings. The summed E-state index contributed by atoms with van der Waals surface area (Å²) in [5.74, 6) is 0.864. The van der Waals surface area contributed by atoms with Crippen LogP contribution in [-0.4, -0.2) is 29.7 Å². The topological polar surface area (TPSA) is 60.5 Å². The van der Waals surface area contributed by atoms with E-state index in [1.54, 1.807) is 6.20 Å². The molecule has 0 spiro atoms. The Bertz CT molecular complexity index is 558. The maximum atomic E-state index is 12.7. The number of unbranched alkanes of at least 4 members (excludes halogenated alkanes) is 1. The van der Waals surface area contributed by atoms with Crippen LogP contribution in [0.5, 0.6) is 5.88 Å². The maximum Gasteiger partial charge on any atom is 0.256 e. The van der Waals surface area contributed by atoms with Gasteiger partial charge in [-0.05, 0) is 51.5 Å². The van der Waals surface area contributed by atoms with Crippen molar-refractivity contribution in [3.63, 3.8) is 0 Å². The van der Waals surface area contributed by atoms with Gasteiger partial charge in [0.1, 0.15) is 5.60 Å². The van der Waals surface area contributed by atoms with E-state index in [2.05, 4.69) is 24.1 Å². The highest BCUT2D eigenvalue weighted by Gasteiger charge is 2.48. The molecule has 1 atom stereocenters. The summed E-state index contributed by atoms with van der Waals surface area (Å²) in [6.45, 7) is 9.29. The van der Waals surface area contributed by atoms with Gasteiger partial charge in [0.05, 0.1) is 18.5 Å². The summed E-state index contributed by atoms with van der Waals surface area (Å²) in [5, 5.41) is 2.97. The molecule has 2 rings (SSSR count). The molecule has 0 aliphatic heterocycles. The number of ether oxygens (including phenoxy) is 2. The van der Waals surface area contributed by atoms with Crippen molar-refractivity contribution in [1.82, 2.24) is 4.98 Å². The van der Waals surface area contributed by atoms with E-state index in [4.69, 9.17) is 9.47 Å². The first-order valence-electron chi connectivity index (χ1n) is 9.06. The predicted molar refractivity (Wildman–Crippen MR) is 95.4 cm³/mol. The van der Waals surface area contributed by atoms with Crippen molar-refractivity contribution in [2.75, 3.05) is 18.5 Å². The van der Waals surface area contributed by atoms with Gasteiger partial charge in [0.25, 0.3) is 5.91 Å². The van der Waals surface area contributed by atoms with E-state index in [0.717, 1.165) is 37.7 Å². The minimum absolute atomic E-state index is 0.0840. The molecule has 0 radical (unpaired) electrons. The van der Waals surface area contributed by atoms with Gasteiger partial charge in [0.15, 0.2) is 0 Å². The molecule has 0 unspecified atom stereocenters. The zero-order valence-corrected chi connectivity index (χ0v) is 15.4. The van der Waals surface area contributed by atoms with Gasteiger partial charge in [-0.25, -0.2) is 4.98 Å². The second-order valence-electron chi connectivity index (χ2n) is 6.73. The molecule has 1 N–H and O–H groups in total. The van der Waals surface area contributed by atoms with Crippen molar-refractivity contribution in [3.8, 4) is 5.88 Å². The molecule has 1 saturated carbocycles. The molecular weight excluding hydrogens is 304 g/mol. The van der Waals surface area contributed by atoms with Crippen LogP contribution in [0.1, 0.15) is 58.4 Å². The molecule has 1 aromatic heterocycles. The third-order valence-electron chi connectivity index (χ3n) is 4.44. The van der Waals surface area contributed by atoms with Crippen LogP contribution >= 0.6 is 0 Å². The smallest absolute Gasteiger partial charge is 0.256 e. The molecule has 0 aromatic carbocycles. The zero-order chi connectivity index (χ0) is 17.6. The zero-order valence-electron chi connectivity index (χ0n) is 15.4. The minimum Gasteiger partial charge on any atom is -0.477 e. The number of nitrogens with zero attached hydrogens (tertiary/aromatic N) is 1. The summed E-state index contributed by atoms with van der Waals surface area (Å²) in [4.78, 5) is 17.1. The molecule has 5 heteroatoms. The van der Waals surface area contributed by atoms with Crippen LogP contribution in [-0.2, 0) is 9.53 Å². The van der Waals surface area contributed by atoms with Crippen LogP contribution < -0.4 is 10.1 Å². The maximum absolute atomic E-state index is 12.7. The molecule has 0 saturated heterocycles. The van der Waals surface area contributed by atoms with E-state index >= 15 is 0 Å². The Labute approximate surface area is 145 Å². The van der Waals surface area contributed by atoms with Crippen molar-refractivity contribution in [2.24, 2.45) is 5.92 Å². The molecule has 1 heterocycles. The number of aryl methyl sites for hydroxylation is 1. The highest BCUT2D eigenvalue weighted by molar-refractivity contribution is 5.97. The highest BCUT2D eigenvalue weighted by atomic mass is 16.5. The second kappa shape index (κ2) is 8.47. The fraction of sp³-hybridized carbons (Fsp3) is 0.684.